The molecule has 106 valence electrons. The lowest BCUT2D eigenvalue weighted by atomic mass is 9.90. The number of hydrogen-bond donors (Lipinski definition) is 2. The molecule has 0 aliphatic rings. The third kappa shape index (κ3) is 4.99. The van der Waals surface area contributed by atoms with Crippen molar-refractivity contribution in [3.05, 3.63) is 29.6 Å². The Bertz CT molecular complexity index is 431. The molecule has 1 aromatic rings. The van der Waals surface area contributed by atoms with Crippen molar-refractivity contribution in [1.82, 2.24) is 10.3 Å². The molecule has 0 saturated carbocycles. The average molecular weight is 263 g/mol. The predicted octanol–water partition coefficient (Wildman–Crippen LogP) is 1.81. The number of carbonyl (C=O) groups excluding carboxylic acids is 1. The predicted molar refractivity (Wildman–Crippen MR) is 77.7 cm³/mol. The van der Waals surface area contributed by atoms with E-state index in [9.17, 15) is 4.79 Å². The van der Waals surface area contributed by atoms with E-state index in [1.165, 1.54) is 0 Å². The first-order valence-electron chi connectivity index (χ1n) is 6.78. The Hall–Kier alpha value is -1.42. The van der Waals surface area contributed by atoms with Crippen molar-refractivity contribution in [2.45, 2.75) is 46.1 Å². The Kier molecular flexibility index (Phi) is 5.48. The van der Waals surface area contributed by atoms with E-state index in [0.29, 0.717) is 18.9 Å². The van der Waals surface area contributed by atoms with E-state index >= 15 is 0 Å². The third-order valence-electron chi connectivity index (χ3n) is 3.20. The number of aryl methyl sites for hydroxylation is 1. The van der Waals surface area contributed by atoms with E-state index in [2.05, 4.69) is 24.1 Å². The molecular formula is C15H25N3O. The lowest BCUT2D eigenvalue weighted by Gasteiger charge is -2.31. The monoisotopic (exact) mass is 263 g/mol. The number of hydrogen-bond acceptors (Lipinski definition) is 3. The van der Waals surface area contributed by atoms with Crippen LogP contribution < -0.4 is 11.1 Å². The van der Waals surface area contributed by atoms with Crippen LogP contribution in [-0.4, -0.2) is 23.0 Å². The smallest absolute Gasteiger partial charge is 0.226 e. The maximum atomic E-state index is 12.1. The van der Waals surface area contributed by atoms with Gasteiger partial charge in [0, 0.05) is 18.3 Å². The highest BCUT2D eigenvalue weighted by atomic mass is 16.1. The molecule has 4 heteroatoms. The fourth-order valence-electron chi connectivity index (χ4n) is 2.32. The van der Waals surface area contributed by atoms with Gasteiger partial charge in [-0.1, -0.05) is 19.9 Å². The van der Waals surface area contributed by atoms with Crippen LogP contribution >= 0.6 is 0 Å². The highest BCUT2D eigenvalue weighted by Crippen LogP contribution is 2.15. The zero-order valence-corrected chi connectivity index (χ0v) is 12.4. The SMILES string of the molecule is Cc1cccnc1CC(=O)NC(C)(CN)CC(C)C. The molecule has 0 bridgehead atoms. The molecular weight excluding hydrogens is 238 g/mol. The van der Waals surface area contributed by atoms with Crippen LogP contribution in [0.5, 0.6) is 0 Å². The van der Waals surface area contributed by atoms with Crippen molar-refractivity contribution in [3.8, 4) is 0 Å². The van der Waals surface area contributed by atoms with Gasteiger partial charge in [0.2, 0.25) is 5.91 Å². The van der Waals surface area contributed by atoms with Gasteiger partial charge in [-0.3, -0.25) is 9.78 Å². The Morgan fingerprint density at radius 1 is 1.53 bits per heavy atom. The Morgan fingerprint density at radius 3 is 2.74 bits per heavy atom. The number of pyridine rings is 1. The van der Waals surface area contributed by atoms with Crippen LogP contribution in [0.15, 0.2) is 18.3 Å². The van der Waals surface area contributed by atoms with E-state index in [0.717, 1.165) is 17.7 Å². The van der Waals surface area contributed by atoms with Crippen LogP contribution in [0.25, 0.3) is 0 Å². The molecule has 1 heterocycles. The zero-order valence-electron chi connectivity index (χ0n) is 12.4. The van der Waals surface area contributed by atoms with E-state index in [1.54, 1.807) is 6.20 Å². The van der Waals surface area contributed by atoms with Gasteiger partial charge in [0.15, 0.2) is 0 Å². The largest absolute Gasteiger partial charge is 0.349 e. The number of carbonyl (C=O) groups is 1. The summed E-state index contributed by atoms with van der Waals surface area (Å²) in [6, 6.07) is 3.84. The molecule has 3 N–H and O–H groups in total. The molecule has 4 nitrogen and oxygen atoms in total. The molecule has 1 aromatic heterocycles. The van der Waals surface area contributed by atoms with Crippen molar-refractivity contribution in [2.75, 3.05) is 6.54 Å². The summed E-state index contributed by atoms with van der Waals surface area (Å²) in [5.74, 6) is 0.473. The van der Waals surface area contributed by atoms with Crippen LogP contribution in [0, 0.1) is 12.8 Å². The molecule has 0 aliphatic heterocycles. The lowest BCUT2D eigenvalue weighted by molar-refractivity contribution is -0.122. The molecule has 0 aromatic carbocycles. The van der Waals surface area contributed by atoms with Crippen LogP contribution in [0.3, 0.4) is 0 Å². The summed E-state index contributed by atoms with van der Waals surface area (Å²) >= 11 is 0. The van der Waals surface area contributed by atoms with Gasteiger partial charge in [-0.05, 0) is 37.8 Å². The first-order valence-corrected chi connectivity index (χ1v) is 6.78. The van der Waals surface area contributed by atoms with Crippen molar-refractivity contribution in [3.63, 3.8) is 0 Å². The van der Waals surface area contributed by atoms with Crippen molar-refractivity contribution in [1.29, 1.82) is 0 Å². The highest BCUT2D eigenvalue weighted by molar-refractivity contribution is 5.79. The average Bonchev–Trinajstić information content (AvgIpc) is 2.31. The topological polar surface area (TPSA) is 68.0 Å². The van der Waals surface area contributed by atoms with Crippen molar-refractivity contribution in [2.24, 2.45) is 11.7 Å². The number of nitrogens with two attached hydrogens (primary N) is 1. The second-order valence-electron chi connectivity index (χ2n) is 5.85. The summed E-state index contributed by atoms with van der Waals surface area (Å²) in [5.41, 5.74) is 7.32. The number of amides is 1. The van der Waals surface area contributed by atoms with Gasteiger partial charge in [0.25, 0.3) is 0 Å². The van der Waals surface area contributed by atoms with Crippen molar-refractivity contribution < 1.29 is 4.79 Å². The Labute approximate surface area is 115 Å². The minimum absolute atomic E-state index is 0.0181. The summed E-state index contributed by atoms with van der Waals surface area (Å²) < 4.78 is 0. The normalized spacial score (nSPS) is 14.2. The molecule has 0 fully saturated rings. The van der Waals surface area contributed by atoms with E-state index in [-0.39, 0.29) is 11.4 Å². The standard InChI is InChI=1S/C15H25N3O/c1-11(2)9-15(4,10-16)18-14(19)8-13-12(3)6-5-7-17-13/h5-7,11H,8-10,16H2,1-4H3,(H,18,19). The summed E-state index contributed by atoms with van der Waals surface area (Å²) in [4.78, 5) is 16.4. The molecule has 0 spiro atoms. The maximum absolute atomic E-state index is 12.1. The fourth-order valence-corrected chi connectivity index (χ4v) is 2.32. The number of rotatable bonds is 6. The molecule has 1 amide bonds. The lowest BCUT2D eigenvalue weighted by Crippen LogP contribution is -2.52. The van der Waals surface area contributed by atoms with Crippen LogP contribution in [0.4, 0.5) is 0 Å². The molecule has 19 heavy (non-hydrogen) atoms. The first-order chi connectivity index (χ1) is 8.86. The van der Waals surface area contributed by atoms with Crippen molar-refractivity contribution >= 4 is 5.91 Å². The second-order valence-corrected chi connectivity index (χ2v) is 5.85. The Balaban J connectivity index is 2.66. The van der Waals surface area contributed by atoms with Gasteiger partial charge in [-0.15, -0.1) is 0 Å². The summed E-state index contributed by atoms with van der Waals surface area (Å²) in [6.45, 7) is 8.66. The quantitative estimate of drug-likeness (QED) is 0.822. The zero-order chi connectivity index (χ0) is 14.5. The van der Waals surface area contributed by atoms with Gasteiger partial charge in [-0.25, -0.2) is 0 Å². The van der Waals surface area contributed by atoms with E-state index < -0.39 is 0 Å². The van der Waals surface area contributed by atoms with Crippen LogP contribution in [0.2, 0.25) is 0 Å². The summed E-state index contributed by atoms with van der Waals surface area (Å²) in [7, 11) is 0. The summed E-state index contributed by atoms with van der Waals surface area (Å²) in [5, 5.41) is 3.05. The minimum Gasteiger partial charge on any atom is -0.349 e. The van der Waals surface area contributed by atoms with Gasteiger partial charge < -0.3 is 11.1 Å². The van der Waals surface area contributed by atoms with Gasteiger partial charge in [-0.2, -0.15) is 0 Å². The van der Waals surface area contributed by atoms with Gasteiger partial charge >= 0.3 is 0 Å². The maximum Gasteiger partial charge on any atom is 0.226 e. The second kappa shape index (κ2) is 6.66. The molecule has 1 unspecified atom stereocenters. The van der Waals surface area contributed by atoms with Crippen LogP contribution in [-0.2, 0) is 11.2 Å². The number of nitrogens with one attached hydrogen (secondary N) is 1. The first kappa shape index (κ1) is 15.6. The fraction of sp³-hybridized carbons (Fsp3) is 0.600. The number of nitrogens with zero attached hydrogens (tertiary/aromatic N) is 1. The third-order valence-corrected chi connectivity index (χ3v) is 3.20. The minimum atomic E-state index is -0.339. The Morgan fingerprint density at radius 2 is 2.21 bits per heavy atom. The molecule has 1 rings (SSSR count). The molecule has 0 radical (unpaired) electrons. The van der Waals surface area contributed by atoms with Gasteiger partial charge in [0.05, 0.1) is 12.1 Å². The molecule has 1 atom stereocenters. The number of aromatic nitrogens is 1. The highest BCUT2D eigenvalue weighted by Gasteiger charge is 2.26. The summed E-state index contributed by atoms with van der Waals surface area (Å²) in [6.07, 6.45) is 2.89. The van der Waals surface area contributed by atoms with E-state index in [1.807, 2.05) is 26.0 Å². The van der Waals surface area contributed by atoms with Crippen LogP contribution in [0.1, 0.15) is 38.4 Å². The molecule has 0 saturated heterocycles. The molecule has 0 aliphatic carbocycles. The van der Waals surface area contributed by atoms with E-state index in [4.69, 9.17) is 5.73 Å². The van der Waals surface area contributed by atoms with Gasteiger partial charge in [0.1, 0.15) is 0 Å².